The Morgan fingerprint density at radius 3 is 2.07 bits per heavy atom. The highest BCUT2D eigenvalue weighted by Crippen LogP contribution is 2.22. The number of nitrogens with zero attached hydrogens (tertiary/aromatic N) is 1. The normalized spacial score (nSPS) is 12.2. The van der Waals surface area contributed by atoms with Crippen molar-refractivity contribution in [2.75, 3.05) is 6.61 Å². The molecule has 28 heavy (non-hydrogen) atoms. The van der Waals surface area contributed by atoms with Crippen LogP contribution in [0.25, 0.3) is 0 Å². The average Bonchev–Trinajstić information content (AvgIpc) is 2.59. The quantitative estimate of drug-likeness (QED) is 0.288. The minimum absolute atomic E-state index is 0.0299. The van der Waals surface area contributed by atoms with Crippen molar-refractivity contribution in [3.63, 3.8) is 0 Å². The molecule has 156 valence electrons. The van der Waals surface area contributed by atoms with Crippen molar-refractivity contribution in [1.29, 1.82) is 0 Å². The maximum absolute atomic E-state index is 12.1. The summed E-state index contributed by atoms with van der Waals surface area (Å²) in [6.07, 6.45) is 2.23. The van der Waals surface area contributed by atoms with Crippen LogP contribution in [0.5, 0.6) is 0 Å². The number of aliphatic hydroxyl groups is 1. The van der Waals surface area contributed by atoms with Crippen LogP contribution >= 0.6 is 0 Å². The molecule has 0 bridgehead atoms. The van der Waals surface area contributed by atoms with Gasteiger partial charge in [-0.25, -0.2) is 13.1 Å². The molecule has 0 aliphatic rings. The van der Waals surface area contributed by atoms with Crippen LogP contribution in [-0.2, 0) is 32.4 Å². The summed E-state index contributed by atoms with van der Waals surface area (Å²) < 4.78 is 58.8. The molecule has 10 nitrogen and oxygen atoms in total. The van der Waals surface area contributed by atoms with Crippen molar-refractivity contribution in [2.24, 2.45) is 0 Å². The zero-order chi connectivity index (χ0) is 21.6. The molecule has 12 heteroatoms. The van der Waals surface area contributed by atoms with E-state index in [2.05, 4.69) is 4.72 Å². The monoisotopic (exact) mass is 434 g/mol. The molecule has 0 amide bonds. The standard InChI is InChI=1S/C16H20N2O4S.H2O4S/c1-16(2,12-19)14-7-5-13(6-8-14)10-17-23(21,22)15-4-3-9-18(20)11-15;1-5(2,3)4/h3-9,11,17,19H,10,12H2,1-2H3;(H2,1,2,3,4). The molecule has 2 aromatic rings. The largest absolute Gasteiger partial charge is 0.619 e. The molecule has 0 aliphatic heterocycles. The van der Waals surface area contributed by atoms with Crippen LogP contribution in [0, 0.1) is 5.21 Å². The Kier molecular flexibility index (Phi) is 8.05. The number of pyridine rings is 1. The first-order valence-corrected chi connectivity index (χ1v) is 10.7. The molecule has 1 aromatic carbocycles. The molecule has 0 atom stereocenters. The molecule has 0 saturated heterocycles. The van der Waals surface area contributed by atoms with Crippen LogP contribution < -0.4 is 9.45 Å². The lowest BCUT2D eigenvalue weighted by Crippen LogP contribution is -2.29. The Labute approximate surface area is 163 Å². The van der Waals surface area contributed by atoms with E-state index >= 15 is 0 Å². The van der Waals surface area contributed by atoms with E-state index in [1.165, 1.54) is 18.3 Å². The SMILES string of the molecule is CC(C)(CO)c1ccc(CNS(=O)(=O)c2ccc[n+]([O-])c2)cc1.O=S(=O)(O)O. The van der Waals surface area contributed by atoms with Crippen LogP contribution in [-0.4, -0.2) is 37.7 Å². The lowest BCUT2D eigenvalue weighted by atomic mass is 9.85. The lowest BCUT2D eigenvalue weighted by Gasteiger charge is -2.22. The van der Waals surface area contributed by atoms with Gasteiger partial charge in [0.1, 0.15) is 4.90 Å². The number of hydrogen-bond acceptors (Lipinski definition) is 6. The van der Waals surface area contributed by atoms with Gasteiger partial charge in [-0.3, -0.25) is 9.11 Å². The zero-order valence-electron chi connectivity index (χ0n) is 15.2. The van der Waals surface area contributed by atoms with Gasteiger partial charge in [-0.1, -0.05) is 38.1 Å². The molecule has 1 aromatic heterocycles. The van der Waals surface area contributed by atoms with Crippen molar-refractivity contribution in [3.8, 4) is 0 Å². The fourth-order valence-corrected chi connectivity index (χ4v) is 3.04. The van der Waals surface area contributed by atoms with Crippen molar-refractivity contribution >= 4 is 20.4 Å². The van der Waals surface area contributed by atoms with E-state index in [1.807, 2.05) is 38.1 Å². The van der Waals surface area contributed by atoms with Gasteiger partial charge in [0.25, 0.3) is 0 Å². The Bertz CT molecular complexity index is 980. The summed E-state index contributed by atoms with van der Waals surface area (Å²) in [5.74, 6) is 0. The third-order valence-corrected chi connectivity index (χ3v) is 5.04. The summed E-state index contributed by atoms with van der Waals surface area (Å²) in [4.78, 5) is -0.0759. The molecule has 0 radical (unpaired) electrons. The molecule has 4 N–H and O–H groups in total. The molecule has 2 rings (SSSR count). The van der Waals surface area contributed by atoms with Crippen LogP contribution in [0.15, 0.2) is 53.7 Å². The maximum atomic E-state index is 12.1. The average molecular weight is 434 g/mol. The van der Waals surface area contributed by atoms with E-state index in [4.69, 9.17) is 17.5 Å². The van der Waals surface area contributed by atoms with Gasteiger partial charge in [-0.2, -0.15) is 13.1 Å². The maximum Gasteiger partial charge on any atom is 0.394 e. The van der Waals surface area contributed by atoms with E-state index in [-0.39, 0.29) is 23.5 Å². The third kappa shape index (κ3) is 8.29. The highest BCUT2D eigenvalue weighted by Gasteiger charge is 2.19. The van der Waals surface area contributed by atoms with Gasteiger partial charge < -0.3 is 10.3 Å². The summed E-state index contributed by atoms with van der Waals surface area (Å²) in [7, 11) is -8.40. The summed E-state index contributed by atoms with van der Waals surface area (Å²) in [6, 6.07) is 10.1. The van der Waals surface area contributed by atoms with E-state index < -0.39 is 20.4 Å². The minimum Gasteiger partial charge on any atom is -0.619 e. The molecule has 1 heterocycles. The third-order valence-electron chi connectivity index (χ3n) is 3.66. The first-order chi connectivity index (χ1) is 12.7. The van der Waals surface area contributed by atoms with Crippen LogP contribution in [0.4, 0.5) is 0 Å². The summed E-state index contributed by atoms with van der Waals surface area (Å²) in [5.41, 5.74) is 1.42. The smallest absolute Gasteiger partial charge is 0.394 e. The fourth-order valence-electron chi connectivity index (χ4n) is 2.02. The van der Waals surface area contributed by atoms with E-state index in [1.54, 1.807) is 0 Å². The molecular formula is C16H22N2O8S2. The lowest BCUT2D eigenvalue weighted by molar-refractivity contribution is -0.607. The van der Waals surface area contributed by atoms with Crippen molar-refractivity contribution in [1.82, 2.24) is 4.72 Å². The summed E-state index contributed by atoms with van der Waals surface area (Å²) >= 11 is 0. The van der Waals surface area contributed by atoms with Crippen molar-refractivity contribution < 1.29 is 35.8 Å². The molecule has 0 aliphatic carbocycles. The van der Waals surface area contributed by atoms with Crippen LogP contribution in [0.1, 0.15) is 25.0 Å². The second kappa shape index (κ2) is 9.41. The van der Waals surface area contributed by atoms with Gasteiger partial charge in [0.05, 0.1) is 6.61 Å². The second-order valence-corrected chi connectivity index (χ2v) is 9.07. The van der Waals surface area contributed by atoms with Gasteiger partial charge in [-0.15, -0.1) is 0 Å². The van der Waals surface area contributed by atoms with Crippen molar-refractivity contribution in [3.05, 3.63) is 65.1 Å². The van der Waals surface area contributed by atoms with Gasteiger partial charge >= 0.3 is 10.4 Å². The molecule has 0 fully saturated rings. The molecule has 0 spiro atoms. The second-order valence-electron chi connectivity index (χ2n) is 6.41. The topological polar surface area (TPSA) is 168 Å². The number of aromatic nitrogens is 1. The first-order valence-electron chi connectivity index (χ1n) is 7.83. The molecule has 0 unspecified atom stereocenters. The predicted molar refractivity (Wildman–Crippen MR) is 100 cm³/mol. The number of hydrogen-bond donors (Lipinski definition) is 4. The Morgan fingerprint density at radius 2 is 1.61 bits per heavy atom. The van der Waals surface area contributed by atoms with Crippen LogP contribution in [0.2, 0.25) is 0 Å². The first kappa shape index (κ1) is 23.9. The fraction of sp³-hybridized carbons (Fsp3) is 0.312. The number of rotatable bonds is 6. The number of sulfonamides is 1. The van der Waals surface area contributed by atoms with Gasteiger partial charge in [0.2, 0.25) is 10.0 Å². The van der Waals surface area contributed by atoms with E-state index in [9.17, 15) is 18.7 Å². The Hall–Kier alpha value is -2.09. The molecule has 0 saturated carbocycles. The van der Waals surface area contributed by atoms with Gasteiger partial charge in [0.15, 0.2) is 12.4 Å². The summed E-state index contributed by atoms with van der Waals surface area (Å²) in [5, 5.41) is 20.5. The number of nitrogens with one attached hydrogen (secondary N) is 1. The number of benzene rings is 1. The Balaban J connectivity index is 0.000000696. The highest BCUT2D eigenvalue weighted by molar-refractivity contribution is 7.89. The number of aliphatic hydroxyl groups excluding tert-OH is 1. The Morgan fingerprint density at radius 1 is 1.07 bits per heavy atom. The van der Waals surface area contributed by atoms with E-state index in [0.717, 1.165) is 17.3 Å². The van der Waals surface area contributed by atoms with Crippen molar-refractivity contribution in [2.45, 2.75) is 30.7 Å². The highest BCUT2D eigenvalue weighted by atomic mass is 32.3. The summed E-state index contributed by atoms with van der Waals surface area (Å²) in [6.45, 7) is 4.01. The minimum atomic E-state index is -4.67. The van der Waals surface area contributed by atoms with Crippen LogP contribution in [0.3, 0.4) is 0 Å². The predicted octanol–water partition coefficient (Wildman–Crippen LogP) is 0.416. The van der Waals surface area contributed by atoms with Gasteiger partial charge in [-0.05, 0) is 17.2 Å². The zero-order valence-corrected chi connectivity index (χ0v) is 16.8. The van der Waals surface area contributed by atoms with E-state index in [0.29, 0.717) is 4.73 Å². The van der Waals surface area contributed by atoms with Gasteiger partial charge in [0, 0.05) is 18.0 Å². The molecular weight excluding hydrogens is 412 g/mol.